The largest absolute Gasteiger partial charge is 0.397 e. The molecule has 0 atom stereocenters. The lowest BCUT2D eigenvalue weighted by molar-refractivity contribution is 0.365. The van der Waals surface area contributed by atoms with Gasteiger partial charge in [-0.3, -0.25) is 0 Å². The summed E-state index contributed by atoms with van der Waals surface area (Å²) in [6.07, 6.45) is 0. The van der Waals surface area contributed by atoms with Gasteiger partial charge in [-0.2, -0.15) is 4.98 Å². The van der Waals surface area contributed by atoms with Gasteiger partial charge in [0.05, 0.1) is 17.8 Å². The Labute approximate surface area is 122 Å². The number of rotatable bonds is 3. The minimum absolute atomic E-state index is 0.423. The van der Waals surface area contributed by atoms with E-state index in [1.54, 1.807) is 0 Å². The van der Waals surface area contributed by atoms with E-state index in [-0.39, 0.29) is 0 Å². The van der Waals surface area contributed by atoms with Crippen molar-refractivity contribution in [2.45, 2.75) is 6.54 Å². The Hall–Kier alpha value is -0.920. The van der Waals surface area contributed by atoms with Gasteiger partial charge >= 0.3 is 0 Å². The van der Waals surface area contributed by atoms with Crippen molar-refractivity contribution in [1.82, 2.24) is 15.0 Å². The fourth-order valence-electron chi connectivity index (χ4n) is 1.47. The molecule has 2 N–H and O–H groups in total. The summed E-state index contributed by atoms with van der Waals surface area (Å²) in [4.78, 5) is 6.29. The van der Waals surface area contributed by atoms with Crippen molar-refractivity contribution in [3.05, 3.63) is 26.9 Å². The van der Waals surface area contributed by atoms with Crippen molar-refractivity contribution in [2.75, 3.05) is 19.8 Å². The number of nitrogens with two attached hydrogens (primary N) is 1. The summed E-state index contributed by atoms with van der Waals surface area (Å²) in [5.41, 5.74) is 7.29. The average Bonchev–Trinajstić information content (AvgIpc) is 2.70. The molecule has 2 aromatic rings. The Morgan fingerprint density at radius 3 is 2.72 bits per heavy atom. The monoisotopic (exact) mass is 374 g/mol. The van der Waals surface area contributed by atoms with E-state index in [9.17, 15) is 0 Å². The average molecular weight is 376 g/mol. The fourth-order valence-corrected chi connectivity index (χ4v) is 2.70. The zero-order chi connectivity index (χ0) is 13.3. The maximum atomic E-state index is 5.99. The maximum absolute atomic E-state index is 5.99. The molecule has 2 rings (SSSR count). The summed E-state index contributed by atoms with van der Waals surface area (Å²) in [6.45, 7) is 0.624. The molecule has 0 bridgehead atoms. The predicted octanol–water partition coefficient (Wildman–Crippen LogP) is 2.91. The van der Waals surface area contributed by atoms with Gasteiger partial charge < -0.3 is 15.2 Å². The highest BCUT2D eigenvalue weighted by Gasteiger charge is 2.14. The van der Waals surface area contributed by atoms with E-state index in [1.165, 1.54) is 0 Å². The summed E-state index contributed by atoms with van der Waals surface area (Å²) in [7, 11) is 3.89. The van der Waals surface area contributed by atoms with Crippen molar-refractivity contribution >= 4 is 37.5 Å². The van der Waals surface area contributed by atoms with Gasteiger partial charge in [-0.1, -0.05) is 21.1 Å². The normalized spacial score (nSPS) is 11.2. The van der Waals surface area contributed by atoms with E-state index < -0.39 is 0 Å². The third-order valence-corrected chi connectivity index (χ3v) is 3.36. The zero-order valence-electron chi connectivity index (χ0n) is 9.94. The Morgan fingerprint density at radius 1 is 1.33 bits per heavy atom. The van der Waals surface area contributed by atoms with Crippen molar-refractivity contribution in [3.63, 3.8) is 0 Å². The first-order valence-electron chi connectivity index (χ1n) is 5.19. The second-order valence-corrected chi connectivity index (χ2v) is 5.87. The van der Waals surface area contributed by atoms with Crippen LogP contribution in [0.2, 0.25) is 0 Å². The molecule has 1 aromatic heterocycles. The van der Waals surface area contributed by atoms with Crippen LogP contribution in [0.5, 0.6) is 0 Å². The number of nitrogen functional groups attached to an aromatic ring is 1. The van der Waals surface area contributed by atoms with E-state index in [0.29, 0.717) is 29.5 Å². The molecule has 0 aliphatic rings. The summed E-state index contributed by atoms with van der Waals surface area (Å²) in [5, 5.41) is 3.92. The lowest BCUT2D eigenvalue weighted by atomic mass is 10.2. The fraction of sp³-hybridized carbons (Fsp3) is 0.273. The Morgan fingerprint density at radius 2 is 2.06 bits per heavy atom. The van der Waals surface area contributed by atoms with Crippen LogP contribution in [0, 0.1) is 0 Å². The molecule has 0 unspecified atom stereocenters. The smallest absolute Gasteiger partial charge is 0.260 e. The quantitative estimate of drug-likeness (QED) is 0.835. The van der Waals surface area contributed by atoms with Crippen LogP contribution >= 0.6 is 31.9 Å². The van der Waals surface area contributed by atoms with E-state index in [1.807, 2.05) is 31.1 Å². The molecule has 7 heteroatoms. The van der Waals surface area contributed by atoms with Crippen LogP contribution in [0.25, 0.3) is 11.5 Å². The second kappa shape index (κ2) is 5.38. The number of halogens is 2. The van der Waals surface area contributed by atoms with Crippen LogP contribution in [-0.2, 0) is 6.54 Å². The van der Waals surface area contributed by atoms with E-state index in [4.69, 9.17) is 10.3 Å². The molecule has 96 valence electrons. The van der Waals surface area contributed by atoms with Crippen LogP contribution in [-0.4, -0.2) is 29.1 Å². The topological polar surface area (TPSA) is 68.2 Å². The summed E-state index contributed by atoms with van der Waals surface area (Å²) < 4.78 is 6.92. The molecule has 0 amide bonds. The highest BCUT2D eigenvalue weighted by atomic mass is 79.9. The zero-order valence-corrected chi connectivity index (χ0v) is 13.1. The molecule has 0 saturated carbocycles. The molecular formula is C11H12Br2N4O. The molecule has 0 saturated heterocycles. The number of hydrogen-bond donors (Lipinski definition) is 1. The van der Waals surface area contributed by atoms with Crippen molar-refractivity contribution < 1.29 is 4.52 Å². The van der Waals surface area contributed by atoms with Crippen LogP contribution < -0.4 is 5.73 Å². The molecule has 0 fully saturated rings. The van der Waals surface area contributed by atoms with Gasteiger partial charge in [0.1, 0.15) is 0 Å². The van der Waals surface area contributed by atoms with Crippen LogP contribution in [0.3, 0.4) is 0 Å². The van der Waals surface area contributed by atoms with Gasteiger partial charge in [0, 0.05) is 8.95 Å². The number of anilines is 1. The molecule has 1 aromatic carbocycles. The van der Waals surface area contributed by atoms with Crippen LogP contribution in [0.15, 0.2) is 25.6 Å². The lowest BCUT2D eigenvalue weighted by Gasteiger charge is -2.05. The second-order valence-electron chi connectivity index (χ2n) is 4.10. The van der Waals surface area contributed by atoms with Gasteiger partial charge in [-0.05, 0) is 42.2 Å². The summed E-state index contributed by atoms with van der Waals surface area (Å²) in [5.74, 6) is 1.05. The number of nitrogens with zero attached hydrogens (tertiary/aromatic N) is 3. The first-order chi connectivity index (χ1) is 8.47. The van der Waals surface area contributed by atoms with Crippen LogP contribution in [0.4, 0.5) is 5.69 Å². The molecule has 0 radical (unpaired) electrons. The number of aromatic nitrogens is 2. The Bertz CT molecular complexity index is 568. The molecule has 18 heavy (non-hydrogen) atoms. The molecular weight excluding hydrogens is 364 g/mol. The number of benzene rings is 1. The molecule has 0 aliphatic heterocycles. The SMILES string of the molecule is CN(C)Cc1noc(-c2cc(Br)cc(Br)c2N)n1. The highest BCUT2D eigenvalue weighted by Crippen LogP contribution is 2.34. The van der Waals surface area contributed by atoms with Crippen molar-refractivity contribution in [2.24, 2.45) is 0 Å². The van der Waals surface area contributed by atoms with Crippen LogP contribution in [0.1, 0.15) is 5.82 Å². The Kier molecular flexibility index (Phi) is 4.04. The summed E-state index contributed by atoms with van der Waals surface area (Å²) in [6, 6.07) is 3.73. The first kappa shape index (κ1) is 13.5. The van der Waals surface area contributed by atoms with Crippen molar-refractivity contribution in [1.29, 1.82) is 0 Å². The summed E-state index contributed by atoms with van der Waals surface area (Å²) >= 11 is 6.80. The molecule has 1 heterocycles. The van der Waals surface area contributed by atoms with E-state index in [2.05, 4.69) is 42.0 Å². The van der Waals surface area contributed by atoms with E-state index in [0.717, 1.165) is 8.95 Å². The van der Waals surface area contributed by atoms with Gasteiger partial charge in [-0.15, -0.1) is 0 Å². The number of hydrogen-bond acceptors (Lipinski definition) is 5. The maximum Gasteiger partial charge on any atom is 0.260 e. The Balaban J connectivity index is 2.40. The minimum atomic E-state index is 0.423. The highest BCUT2D eigenvalue weighted by molar-refractivity contribution is 9.11. The molecule has 5 nitrogen and oxygen atoms in total. The predicted molar refractivity (Wildman–Crippen MR) is 76.9 cm³/mol. The van der Waals surface area contributed by atoms with Gasteiger partial charge in [0.25, 0.3) is 5.89 Å². The van der Waals surface area contributed by atoms with Gasteiger partial charge in [-0.25, -0.2) is 0 Å². The van der Waals surface area contributed by atoms with Gasteiger partial charge in [0.2, 0.25) is 0 Å². The van der Waals surface area contributed by atoms with E-state index >= 15 is 0 Å². The third-order valence-electron chi connectivity index (χ3n) is 2.25. The lowest BCUT2D eigenvalue weighted by Crippen LogP contribution is -2.11. The van der Waals surface area contributed by atoms with Gasteiger partial charge in [0.15, 0.2) is 5.82 Å². The minimum Gasteiger partial charge on any atom is -0.397 e. The third kappa shape index (κ3) is 2.90. The molecule has 0 spiro atoms. The first-order valence-corrected chi connectivity index (χ1v) is 6.78. The molecule has 0 aliphatic carbocycles. The standard InChI is InChI=1S/C11H12Br2N4O/c1-17(2)5-9-15-11(18-16-9)7-3-6(12)4-8(13)10(7)14/h3-4H,5,14H2,1-2H3. The van der Waals surface area contributed by atoms with Crippen molar-refractivity contribution in [3.8, 4) is 11.5 Å².